The molecular weight excluding hydrogens is 136 g/mol. The predicted octanol–water partition coefficient (Wildman–Crippen LogP) is 1.62. The number of rotatable bonds is 3. The third kappa shape index (κ3) is 3.23. The fourth-order valence-corrected chi connectivity index (χ4v) is 0.936. The molecule has 0 aromatic carbocycles. The highest BCUT2D eigenvalue weighted by Gasteiger charge is 2.09. The lowest BCUT2D eigenvalue weighted by Gasteiger charge is -2.18. The molecule has 2 heteroatoms. The van der Waals surface area contributed by atoms with Crippen molar-refractivity contribution in [1.82, 2.24) is 4.57 Å². The molecule has 0 aliphatic heterocycles. The Balaban J connectivity index is 2.35. The number of aromatic nitrogens is 1. The minimum atomic E-state index is -0.0513. The fraction of sp³-hybridized carbons (Fsp3) is 0.556. The topological polar surface area (TPSA) is 30.9 Å². The highest BCUT2D eigenvalue weighted by molar-refractivity contribution is 4.90. The standard InChI is InChI=1S/C9H16N2/c1-9(2,10)5-8-11-6-3-4-7-11/h3-4,6-7H,5,8,10H2,1-2H3. The van der Waals surface area contributed by atoms with Crippen molar-refractivity contribution in [2.24, 2.45) is 5.73 Å². The van der Waals surface area contributed by atoms with Crippen LogP contribution >= 0.6 is 0 Å². The summed E-state index contributed by atoms with van der Waals surface area (Å²) in [6, 6.07) is 4.06. The van der Waals surface area contributed by atoms with Gasteiger partial charge in [0, 0.05) is 24.5 Å². The Morgan fingerprint density at radius 1 is 1.27 bits per heavy atom. The number of hydrogen-bond donors (Lipinski definition) is 1. The zero-order valence-electron chi connectivity index (χ0n) is 7.25. The molecule has 1 heterocycles. The molecule has 0 fully saturated rings. The van der Waals surface area contributed by atoms with E-state index in [1.54, 1.807) is 0 Å². The van der Waals surface area contributed by atoms with Gasteiger partial charge in [-0.15, -0.1) is 0 Å². The Hall–Kier alpha value is -0.760. The van der Waals surface area contributed by atoms with Crippen LogP contribution in [0.25, 0.3) is 0 Å². The molecule has 0 amide bonds. The van der Waals surface area contributed by atoms with Crippen LogP contribution in [0.5, 0.6) is 0 Å². The number of aryl methyl sites for hydroxylation is 1. The van der Waals surface area contributed by atoms with Crippen LogP contribution in [0, 0.1) is 0 Å². The quantitative estimate of drug-likeness (QED) is 0.701. The first-order valence-corrected chi connectivity index (χ1v) is 3.97. The Kier molecular flexibility index (Phi) is 2.35. The summed E-state index contributed by atoms with van der Waals surface area (Å²) >= 11 is 0. The number of nitrogens with two attached hydrogens (primary N) is 1. The molecule has 1 aromatic heterocycles. The first-order chi connectivity index (χ1) is 5.08. The van der Waals surface area contributed by atoms with Crippen LogP contribution in [-0.2, 0) is 6.54 Å². The Morgan fingerprint density at radius 3 is 2.27 bits per heavy atom. The van der Waals surface area contributed by atoms with E-state index < -0.39 is 0 Å². The van der Waals surface area contributed by atoms with E-state index in [9.17, 15) is 0 Å². The molecule has 2 nitrogen and oxygen atoms in total. The normalized spacial score (nSPS) is 11.9. The van der Waals surface area contributed by atoms with Gasteiger partial charge in [-0.25, -0.2) is 0 Å². The van der Waals surface area contributed by atoms with Crippen molar-refractivity contribution in [2.75, 3.05) is 0 Å². The zero-order chi connectivity index (χ0) is 8.32. The van der Waals surface area contributed by atoms with Gasteiger partial charge in [0.1, 0.15) is 0 Å². The van der Waals surface area contributed by atoms with Gasteiger partial charge in [0.05, 0.1) is 0 Å². The van der Waals surface area contributed by atoms with Crippen LogP contribution < -0.4 is 5.73 Å². The maximum Gasteiger partial charge on any atom is 0.0236 e. The summed E-state index contributed by atoms with van der Waals surface area (Å²) in [6.45, 7) is 5.11. The average molecular weight is 152 g/mol. The van der Waals surface area contributed by atoms with Crippen molar-refractivity contribution in [3.05, 3.63) is 24.5 Å². The second-order valence-corrected chi connectivity index (χ2v) is 3.66. The van der Waals surface area contributed by atoms with E-state index in [1.807, 2.05) is 12.1 Å². The van der Waals surface area contributed by atoms with Crippen molar-refractivity contribution >= 4 is 0 Å². The minimum absolute atomic E-state index is 0.0513. The van der Waals surface area contributed by atoms with Crippen LogP contribution in [0.3, 0.4) is 0 Å². The molecule has 1 aromatic rings. The fourth-order valence-electron chi connectivity index (χ4n) is 0.936. The van der Waals surface area contributed by atoms with Gasteiger partial charge in [-0.05, 0) is 32.4 Å². The molecule has 0 aliphatic carbocycles. The number of nitrogens with zero attached hydrogens (tertiary/aromatic N) is 1. The van der Waals surface area contributed by atoms with E-state index in [0.29, 0.717) is 0 Å². The monoisotopic (exact) mass is 152 g/mol. The van der Waals surface area contributed by atoms with E-state index >= 15 is 0 Å². The lowest BCUT2D eigenvalue weighted by atomic mass is 10.0. The molecule has 0 saturated carbocycles. The molecule has 0 spiro atoms. The van der Waals surface area contributed by atoms with Gasteiger partial charge in [-0.1, -0.05) is 0 Å². The molecule has 0 radical (unpaired) electrons. The average Bonchev–Trinajstić information content (AvgIpc) is 2.32. The second kappa shape index (κ2) is 3.09. The maximum atomic E-state index is 5.84. The Labute approximate surface area is 68.0 Å². The number of hydrogen-bond acceptors (Lipinski definition) is 1. The van der Waals surface area contributed by atoms with Crippen LogP contribution in [0.1, 0.15) is 20.3 Å². The summed E-state index contributed by atoms with van der Waals surface area (Å²) in [5.74, 6) is 0. The van der Waals surface area contributed by atoms with E-state index in [2.05, 4.69) is 30.8 Å². The van der Waals surface area contributed by atoms with E-state index in [-0.39, 0.29) is 5.54 Å². The van der Waals surface area contributed by atoms with Crippen molar-refractivity contribution in [3.63, 3.8) is 0 Å². The maximum absolute atomic E-state index is 5.84. The van der Waals surface area contributed by atoms with Crippen LogP contribution in [0.15, 0.2) is 24.5 Å². The summed E-state index contributed by atoms with van der Waals surface area (Å²) < 4.78 is 2.15. The molecule has 11 heavy (non-hydrogen) atoms. The van der Waals surface area contributed by atoms with Crippen LogP contribution in [0.2, 0.25) is 0 Å². The van der Waals surface area contributed by atoms with E-state index in [1.165, 1.54) is 0 Å². The van der Waals surface area contributed by atoms with Crippen molar-refractivity contribution < 1.29 is 0 Å². The largest absolute Gasteiger partial charge is 0.354 e. The second-order valence-electron chi connectivity index (χ2n) is 3.66. The van der Waals surface area contributed by atoms with E-state index in [4.69, 9.17) is 5.73 Å². The summed E-state index contributed by atoms with van der Waals surface area (Å²) in [5.41, 5.74) is 5.79. The van der Waals surface area contributed by atoms with Gasteiger partial charge in [-0.3, -0.25) is 0 Å². The van der Waals surface area contributed by atoms with Crippen molar-refractivity contribution in [2.45, 2.75) is 32.4 Å². The summed E-state index contributed by atoms with van der Waals surface area (Å²) in [6.07, 6.45) is 5.14. The van der Waals surface area contributed by atoms with Crippen LogP contribution in [0.4, 0.5) is 0 Å². The third-order valence-electron chi connectivity index (χ3n) is 1.68. The summed E-state index contributed by atoms with van der Waals surface area (Å²) in [4.78, 5) is 0. The molecule has 2 N–H and O–H groups in total. The van der Waals surface area contributed by atoms with Gasteiger partial charge in [0.25, 0.3) is 0 Å². The first kappa shape index (κ1) is 8.34. The summed E-state index contributed by atoms with van der Waals surface area (Å²) in [7, 11) is 0. The predicted molar refractivity (Wildman–Crippen MR) is 47.3 cm³/mol. The van der Waals surface area contributed by atoms with Gasteiger partial charge < -0.3 is 10.3 Å². The minimum Gasteiger partial charge on any atom is -0.354 e. The zero-order valence-corrected chi connectivity index (χ0v) is 7.25. The third-order valence-corrected chi connectivity index (χ3v) is 1.68. The van der Waals surface area contributed by atoms with Gasteiger partial charge in [-0.2, -0.15) is 0 Å². The van der Waals surface area contributed by atoms with Gasteiger partial charge in [0.2, 0.25) is 0 Å². The van der Waals surface area contributed by atoms with Gasteiger partial charge >= 0.3 is 0 Å². The molecular formula is C9H16N2. The highest BCUT2D eigenvalue weighted by atomic mass is 14.9. The van der Waals surface area contributed by atoms with Crippen LogP contribution in [-0.4, -0.2) is 10.1 Å². The first-order valence-electron chi connectivity index (χ1n) is 3.97. The molecule has 0 unspecified atom stereocenters. The SMILES string of the molecule is CC(C)(N)CCn1cccc1. The molecule has 0 bridgehead atoms. The molecule has 0 atom stereocenters. The Bertz CT molecular complexity index is 194. The Morgan fingerprint density at radius 2 is 1.82 bits per heavy atom. The van der Waals surface area contributed by atoms with Crippen molar-refractivity contribution in [1.29, 1.82) is 0 Å². The van der Waals surface area contributed by atoms with Gasteiger partial charge in [0.15, 0.2) is 0 Å². The smallest absolute Gasteiger partial charge is 0.0236 e. The lowest BCUT2D eigenvalue weighted by molar-refractivity contribution is 0.437. The summed E-state index contributed by atoms with van der Waals surface area (Å²) in [5, 5.41) is 0. The molecule has 0 saturated heterocycles. The molecule has 1 rings (SSSR count). The van der Waals surface area contributed by atoms with Crippen molar-refractivity contribution in [3.8, 4) is 0 Å². The molecule has 0 aliphatic rings. The lowest BCUT2D eigenvalue weighted by Crippen LogP contribution is -2.32. The highest BCUT2D eigenvalue weighted by Crippen LogP contribution is 2.05. The molecule has 62 valence electrons. The van der Waals surface area contributed by atoms with E-state index in [0.717, 1.165) is 13.0 Å².